The SMILES string of the molecule is COc1ccccc1C1CC1C(C)N. The van der Waals surface area contributed by atoms with Crippen molar-refractivity contribution in [1.82, 2.24) is 0 Å². The summed E-state index contributed by atoms with van der Waals surface area (Å²) in [6.07, 6.45) is 1.21. The molecule has 2 heteroatoms. The molecule has 2 N–H and O–H groups in total. The molecule has 3 atom stereocenters. The van der Waals surface area contributed by atoms with Crippen LogP contribution in [0.1, 0.15) is 24.8 Å². The lowest BCUT2D eigenvalue weighted by molar-refractivity contribution is 0.408. The Bertz CT molecular complexity index is 322. The molecular formula is C12H17NO. The molecule has 0 aliphatic heterocycles. The van der Waals surface area contributed by atoms with Gasteiger partial charge in [0.1, 0.15) is 5.75 Å². The molecule has 0 spiro atoms. The first-order valence-corrected chi connectivity index (χ1v) is 5.12. The van der Waals surface area contributed by atoms with E-state index in [2.05, 4.69) is 19.1 Å². The fraction of sp³-hybridized carbons (Fsp3) is 0.500. The van der Waals surface area contributed by atoms with Gasteiger partial charge in [0.15, 0.2) is 0 Å². The minimum atomic E-state index is 0.296. The molecule has 1 aromatic rings. The molecule has 0 aromatic heterocycles. The second-order valence-corrected chi connectivity index (χ2v) is 4.11. The summed E-state index contributed by atoms with van der Waals surface area (Å²) in [5, 5.41) is 0. The van der Waals surface area contributed by atoms with E-state index in [0.29, 0.717) is 17.9 Å². The van der Waals surface area contributed by atoms with Gasteiger partial charge >= 0.3 is 0 Å². The summed E-state index contributed by atoms with van der Waals surface area (Å²) in [5.41, 5.74) is 7.19. The predicted molar refractivity (Wildman–Crippen MR) is 57.5 cm³/mol. The maximum absolute atomic E-state index is 5.88. The van der Waals surface area contributed by atoms with Crippen LogP contribution in [0.2, 0.25) is 0 Å². The monoisotopic (exact) mass is 191 g/mol. The van der Waals surface area contributed by atoms with Crippen molar-refractivity contribution in [2.45, 2.75) is 25.3 Å². The van der Waals surface area contributed by atoms with Crippen molar-refractivity contribution < 1.29 is 4.74 Å². The zero-order valence-corrected chi connectivity index (χ0v) is 8.73. The molecule has 14 heavy (non-hydrogen) atoms. The van der Waals surface area contributed by atoms with Crippen molar-refractivity contribution >= 4 is 0 Å². The van der Waals surface area contributed by atoms with Gasteiger partial charge in [0, 0.05) is 6.04 Å². The number of rotatable bonds is 3. The fourth-order valence-electron chi connectivity index (χ4n) is 2.13. The maximum Gasteiger partial charge on any atom is 0.122 e. The van der Waals surface area contributed by atoms with E-state index in [0.717, 1.165) is 5.75 Å². The lowest BCUT2D eigenvalue weighted by atomic mass is 10.1. The average Bonchev–Trinajstić information content (AvgIpc) is 2.97. The lowest BCUT2D eigenvalue weighted by Gasteiger charge is -2.08. The summed E-state index contributed by atoms with van der Waals surface area (Å²) in [4.78, 5) is 0. The Balaban J connectivity index is 2.18. The van der Waals surface area contributed by atoms with E-state index in [1.807, 2.05) is 12.1 Å². The summed E-state index contributed by atoms with van der Waals surface area (Å²) in [7, 11) is 1.72. The van der Waals surface area contributed by atoms with Crippen molar-refractivity contribution in [3.8, 4) is 5.75 Å². The summed E-state index contributed by atoms with van der Waals surface area (Å²) in [6.45, 7) is 2.08. The average molecular weight is 191 g/mol. The van der Waals surface area contributed by atoms with Crippen LogP contribution in [0.4, 0.5) is 0 Å². The third-order valence-electron chi connectivity index (χ3n) is 3.05. The van der Waals surface area contributed by atoms with Gasteiger partial charge in [-0.3, -0.25) is 0 Å². The quantitative estimate of drug-likeness (QED) is 0.794. The highest BCUT2D eigenvalue weighted by molar-refractivity contribution is 5.39. The molecule has 0 saturated heterocycles. The third-order valence-corrected chi connectivity index (χ3v) is 3.05. The first kappa shape index (κ1) is 9.53. The van der Waals surface area contributed by atoms with Gasteiger partial charge in [0.05, 0.1) is 7.11 Å². The van der Waals surface area contributed by atoms with Crippen LogP contribution in [-0.2, 0) is 0 Å². The number of hydrogen-bond acceptors (Lipinski definition) is 2. The van der Waals surface area contributed by atoms with Gasteiger partial charge in [-0.2, -0.15) is 0 Å². The van der Waals surface area contributed by atoms with Crippen molar-refractivity contribution in [3.63, 3.8) is 0 Å². The number of methoxy groups -OCH3 is 1. The first-order valence-electron chi connectivity index (χ1n) is 5.12. The van der Waals surface area contributed by atoms with Gasteiger partial charge in [-0.15, -0.1) is 0 Å². The Labute approximate surface area is 85.1 Å². The minimum absolute atomic E-state index is 0.296. The molecule has 1 saturated carbocycles. The molecule has 76 valence electrons. The second kappa shape index (κ2) is 3.62. The smallest absolute Gasteiger partial charge is 0.122 e. The highest BCUT2D eigenvalue weighted by Crippen LogP contribution is 2.51. The molecule has 0 radical (unpaired) electrons. The van der Waals surface area contributed by atoms with Crippen LogP contribution in [0.15, 0.2) is 24.3 Å². The Morgan fingerprint density at radius 3 is 2.71 bits per heavy atom. The molecule has 3 unspecified atom stereocenters. The van der Waals surface area contributed by atoms with E-state index < -0.39 is 0 Å². The lowest BCUT2D eigenvalue weighted by Crippen LogP contribution is -2.18. The second-order valence-electron chi connectivity index (χ2n) is 4.11. The highest BCUT2D eigenvalue weighted by atomic mass is 16.5. The van der Waals surface area contributed by atoms with Gasteiger partial charge < -0.3 is 10.5 Å². The summed E-state index contributed by atoms with van der Waals surface area (Å²) in [5.74, 6) is 2.26. The van der Waals surface area contributed by atoms with Gasteiger partial charge in [-0.05, 0) is 36.8 Å². The third kappa shape index (κ3) is 1.62. The number of para-hydroxylation sites is 1. The van der Waals surface area contributed by atoms with Crippen LogP contribution < -0.4 is 10.5 Å². The van der Waals surface area contributed by atoms with Crippen LogP contribution in [0.25, 0.3) is 0 Å². The van der Waals surface area contributed by atoms with Crippen LogP contribution in [0.3, 0.4) is 0 Å². The van der Waals surface area contributed by atoms with Gasteiger partial charge in [0.2, 0.25) is 0 Å². The molecule has 1 aliphatic carbocycles. The van der Waals surface area contributed by atoms with Crippen LogP contribution in [0, 0.1) is 5.92 Å². The standard InChI is InChI=1S/C12H17NO/c1-8(13)10-7-11(10)9-5-3-4-6-12(9)14-2/h3-6,8,10-11H,7,13H2,1-2H3. The summed E-state index contributed by atoms with van der Waals surface area (Å²) >= 11 is 0. The van der Waals surface area contributed by atoms with E-state index in [1.165, 1.54) is 12.0 Å². The van der Waals surface area contributed by atoms with E-state index in [4.69, 9.17) is 10.5 Å². The molecule has 0 amide bonds. The number of benzene rings is 1. The van der Waals surface area contributed by atoms with Crippen molar-refractivity contribution in [1.29, 1.82) is 0 Å². The number of nitrogens with two attached hydrogens (primary N) is 1. The first-order chi connectivity index (χ1) is 6.74. The largest absolute Gasteiger partial charge is 0.496 e. The van der Waals surface area contributed by atoms with E-state index in [-0.39, 0.29) is 0 Å². The zero-order valence-electron chi connectivity index (χ0n) is 8.73. The summed E-state index contributed by atoms with van der Waals surface area (Å²) in [6, 6.07) is 8.53. The van der Waals surface area contributed by atoms with Gasteiger partial charge in [0.25, 0.3) is 0 Å². The van der Waals surface area contributed by atoms with Crippen LogP contribution >= 0.6 is 0 Å². The van der Waals surface area contributed by atoms with Crippen LogP contribution in [0.5, 0.6) is 5.75 Å². The normalized spacial score (nSPS) is 27.1. The Kier molecular flexibility index (Phi) is 2.46. The molecule has 1 aliphatic rings. The molecule has 1 aromatic carbocycles. The topological polar surface area (TPSA) is 35.2 Å². The molecule has 1 fully saturated rings. The van der Waals surface area contributed by atoms with E-state index in [9.17, 15) is 0 Å². The molecule has 2 rings (SSSR count). The van der Waals surface area contributed by atoms with Crippen molar-refractivity contribution in [2.24, 2.45) is 11.7 Å². The Hall–Kier alpha value is -1.02. The van der Waals surface area contributed by atoms with E-state index >= 15 is 0 Å². The summed E-state index contributed by atoms with van der Waals surface area (Å²) < 4.78 is 5.33. The number of hydrogen-bond donors (Lipinski definition) is 1. The van der Waals surface area contributed by atoms with Gasteiger partial charge in [-0.25, -0.2) is 0 Å². The molecule has 0 heterocycles. The fourth-order valence-corrected chi connectivity index (χ4v) is 2.13. The Morgan fingerprint density at radius 2 is 2.14 bits per heavy atom. The number of ether oxygens (including phenoxy) is 1. The zero-order chi connectivity index (χ0) is 10.1. The maximum atomic E-state index is 5.88. The van der Waals surface area contributed by atoms with Crippen LogP contribution in [-0.4, -0.2) is 13.2 Å². The molecule has 0 bridgehead atoms. The molecular weight excluding hydrogens is 174 g/mol. The van der Waals surface area contributed by atoms with E-state index in [1.54, 1.807) is 7.11 Å². The molecule has 2 nitrogen and oxygen atoms in total. The highest BCUT2D eigenvalue weighted by Gasteiger charge is 2.41. The van der Waals surface area contributed by atoms with Gasteiger partial charge in [-0.1, -0.05) is 18.2 Å². The van der Waals surface area contributed by atoms with Crippen molar-refractivity contribution in [3.05, 3.63) is 29.8 Å². The minimum Gasteiger partial charge on any atom is -0.496 e. The predicted octanol–water partition coefficient (Wildman–Crippen LogP) is 2.15. The Morgan fingerprint density at radius 1 is 1.43 bits per heavy atom. The van der Waals surface area contributed by atoms with Crippen molar-refractivity contribution in [2.75, 3.05) is 7.11 Å².